The molecule has 0 aliphatic carbocycles. The van der Waals surface area contributed by atoms with E-state index in [1.54, 1.807) is 11.8 Å². The van der Waals surface area contributed by atoms with Gasteiger partial charge in [-0.05, 0) is 30.2 Å². The maximum atomic E-state index is 5.71. The minimum Gasteiger partial charge on any atom is -0.326 e. The first-order valence-corrected chi connectivity index (χ1v) is 5.99. The highest BCUT2D eigenvalue weighted by molar-refractivity contribution is 7.99. The molecule has 2 heteroatoms. The van der Waals surface area contributed by atoms with Gasteiger partial charge >= 0.3 is 0 Å². The second-order valence-corrected chi connectivity index (χ2v) is 4.61. The second kappa shape index (κ2) is 5.19. The van der Waals surface area contributed by atoms with Gasteiger partial charge in [-0.3, -0.25) is 0 Å². The molecule has 16 heavy (non-hydrogen) atoms. The van der Waals surface area contributed by atoms with Crippen molar-refractivity contribution in [1.29, 1.82) is 0 Å². The maximum Gasteiger partial charge on any atom is 0.0189 e. The fourth-order valence-corrected chi connectivity index (χ4v) is 2.51. The van der Waals surface area contributed by atoms with E-state index in [9.17, 15) is 0 Å². The molecule has 2 aromatic carbocycles. The van der Waals surface area contributed by atoms with Crippen molar-refractivity contribution in [3.63, 3.8) is 0 Å². The summed E-state index contributed by atoms with van der Waals surface area (Å²) in [5, 5.41) is 0. The monoisotopic (exact) mass is 228 g/mol. The number of benzene rings is 2. The fourth-order valence-electron chi connectivity index (χ4n) is 1.49. The van der Waals surface area contributed by atoms with Gasteiger partial charge in [0.15, 0.2) is 0 Å². The van der Waals surface area contributed by atoms with Crippen molar-refractivity contribution in [2.24, 2.45) is 5.73 Å². The Hall–Kier alpha value is -1.25. The van der Waals surface area contributed by atoms with E-state index >= 15 is 0 Å². The molecule has 1 radical (unpaired) electrons. The van der Waals surface area contributed by atoms with Gasteiger partial charge in [0.05, 0.1) is 0 Å². The van der Waals surface area contributed by atoms with Gasteiger partial charge in [0.2, 0.25) is 0 Å². The summed E-state index contributed by atoms with van der Waals surface area (Å²) >= 11 is 1.72. The van der Waals surface area contributed by atoms with E-state index in [2.05, 4.69) is 25.1 Å². The van der Waals surface area contributed by atoms with Crippen molar-refractivity contribution in [3.8, 4) is 0 Å². The van der Waals surface area contributed by atoms with Gasteiger partial charge in [0.25, 0.3) is 0 Å². The van der Waals surface area contributed by atoms with Gasteiger partial charge in [-0.2, -0.15) is 0 Å². The van der Waals surface area contributed by atoms with Crippen LogP contribution in [0.3, 0.4) is 0 Å². The van der Waals surface area contributed by atoms with Crippen molar-refractivity contribution in [1.82, 2.24) is 0 Å². The van der Waals surface area contributed by atoms with Gasteiger partial charge in [0, 0.05) is 16.3 Å². The predicted octanol–water partition coefficient (Wildman–Crippen LogP) is 3.48. The van der Waals surface area contributed by atoms with Crippen molar-refractivity contribution < 1.29 is 0 Å². The number of rotatable bonds is 3. The first-order chi connectivity index (χ1) is 7.81. The van der Waals surface area contributed by atoms with E-state index < -0.39 is 0 Å². The molecule has 2 N–H and O–H groups in total. The van der Waals surface area contributed by atoms with E-state index in [1.807, 2.05) is 30.3 Å². The SMILES string of the molecule is [CH2]c1ccccc1Sc1ccccc1CN. The first-order valence-electron chi connectivity index (χ1n) is 5.18. The van der Waals surface area contributed by atoms with Crippen LogP contribution in [0.15, 0.2) is 58.3 Å². The Morgan fingerprint density at radius 2 is 1.56 bits per heavy atom. The predicted molar refractivity (Wildman–Crippen MR) is 69.4 cm³/mol. The number of nitrogens with two attached hydrogens (primary N) is 1. The van der Waals surface area contributed by atoms with Crippen LogP contribution in [0, 0.1) is 6.92 Å². The summed E-state index contributed by atoms with van der Waals surface area (Å²) in [5.74, 6) is 0. The molecule has 0 aromatic heterocycles. The largest absolute Gasteiger partial charge is 0.326 e. The lowest BCUT2D eigenvalue weighted by atomic mass is 10.2. The van der Waals surface area contributed by atoms with Crippen LogP contribution in [0.2, 0.25) is 0 Å². The Kier molecular flexibility index (Phi) is 3.65. The Morgan fingerprint density at radius 3 is 2.25 bits per heavy atom. The van der Waals surface area contributed by atoms with Crippen LogP contribution in [0.1, 0.15) is 11.1 Å². The molecule has 0 spiro atoms. The summed E-state index contributed by atoms with van der Waals surface area (Å²) in [7, 11) is 0. The van der Waals surface area contributed by atoms with E-state index in [4.69, 9.17) is 5.73 Å². The highest BCUT2D eigenvalue weighted by Gasteiger charge is 2.03. The molecule has 2 rings (SSSR count). The molecule has 0 amide bonds. The Bertz CT molecular complexity index is 480. The lowest BCUT2D eigenvalue weighted by Gasteiger charge is -2.08. The summed E-state index contributed by atoms with van der Waals surface area (Å²) in [6, 6.07) is 16.3. The van der Waals surface area contributed by atoms with Crippen molar-refractivity contribution in [2.45, 2.75) is 16.3 Å². The zero-order valence-electron chi connectivity index (χ0n) is 9.02. The quantitative estimate of drug-likeness (QED) is 0.870. The Morgan fingerprint density at radius 1 is 0.938 bits per heavy atom. The van der Waals surface area contributed by atoms with E-state index in [-0.39, 0.29) is 0 Å². The topological polar surface area (TPSA) is 26.0 Å². The molecule has 0 heterocycles. The van der Waals surface area contributed by atoms with Crippen LogP contribution in [0.5, 0.6) is 0 Å². The third-order valence-corrected chi connectivity index (χ3v) is 3.62. The molecule has 0 unspecified atom stereocenters. The van der Waals surface area contributed by atoms with Crippen molar-refractivity contribution in [2.75, 3.05) is 0 Å². The van der Waals surface area contributed by atoms with Crippen molar-refractivity contribution in [3.05, 3.63) is 66.6 Å². The summed E-state index contributed by atoms with van der Waals surface area (Å²) in [6.45, 7) is 4.59. The molecule has 0 bridgehead atoms. The van der Waals surface area contributed by atoms with E-state index in [0.29, 0.717) is 6.54 Å². The molecule has 0 aliphatic heterocycles. The smallest absolute Gasteiger partial charge is 0.0189 e. The van der Waals surface area contributed by atoms with Crippen LogP contribution in [0.25, 0.3) is 0 Å². The minimum absolute atomic E-state index is 0.572. The average molecular weight is 228 g/mol. The van der Waals surface area contributed by atoms with Gasteiger partial charge < -0.3 is 5.73 Å². The molecular formula is C14H14NS. The number of hydrogen-bond donors (Lipinski definition) is 1. The molecule has 0 atom stereocenters. The lowest BCUT2D eigenvalue weighted by Crippen LogP contribution is -1.97. The van der Waals surface area contributed by atoms with E-state index in [0.717, 1.165) is 5.56 Å². The van der Waals surface area contributed by atoms with E-state index in [1.165, 1.54) is 15.4 Å². The van der Waals surface area contributed by atoms with Crippen LogP contribution in [-0.4, -0.2) is 0 Å². The highest BCUT2D eigenvalue weighted by Crippen LogP contribution is 2.32. The molecule has 2 aromatic rings. The molecule has 0 aliphatic rings. The zero-order chi connectivity index (χ0) is 11.4. The summed E-state index contributed by atoms with van der Waals surface area (Å²) in [4.78, 5) is 2.39. The molecule has 0 saturated carbocycles. The lowest BCUT2D eigenvalue weighted by molar-refractivity contribution is 1.03. The Labute approximate surface area is 101 Å². The average Bonchev–Trinajstić information content (AvgIpc) is 2.33. The fraction of sp³-hybridized carbons (Fsp3) is 0.0714. The normalized spacial score (nSPS) is 10.4. The van der Waals surface area contributed by atoms with Gasteiger partial charge in [-0.1, -0.05) is 48.2 Å². The summed E-state index contributed by atoms with van der Waals surface area (Å²) in [6.07, 6.45) is 0. The second-order valence-electron chi connectivity index (χ2n) is 3.52. The third kappa shape index (κ3) is 2.46. The molecular weight excluding hydrogens is 214 g/mol. The summed E-state index contributed by atoms with van der Waals surface area (Å²) in [5.41, 5.74) is 7.94. The zero-order valence-corrected chi connectivity index (χ0v) is 9.84. The summed E-state index contributed by atoms with van der Waals surface area (Å²) < 4.78 is 0. The molecule has 0 saturated heterocycles. The van der Waals surface area contributed by atoms with Gasteiger partial charge in [-0.15, -0.1) is 0 Å². The van der Waals surface area contributed by atoms with Crippen LogP contribution < -0.4 is 5.73 Å². The molecule has 0 fully saturated rings. The third-order valence-electron chi connectivity index (χ3n) is 2.39. The van der Waals surface area contributed by atoms with Crippen molar-refractivity contribution >= 4 is 11.8 Å². The maximum absolute atomic E-state index is 5.71. The van der Waals surface area contributed by atoms with Gasteiger partial charge in [-0.25, -0.2) is 0 Å². The van der Waals surface area contributed by atoms with Gasteiger partial charge in [0.1, 0.15) is 0 Å². The minimum atomic E-state index is 0.572. The Balaban J connectivity index is 2.30. The number of hydrogen-bond acceptors (Lipinski definition) is 2. The van der Waals surface area contributed by atoms with Crippen LogP contribution in [0.4, 0.5) is 0 Å². The first kappa shape index (κ1) is 11.2. The standard InChI is InChI=1S/C14H14NS/c1-11-6-2-4-8-13(11)16-14-9-5-3-7-12(14)10-15/h2-9H,1,10,15H2. The van der Waals surface area contributed by atoms with Crippen LogP contribution >= 0.6 is 11.8 Å². The highest BCUT2D eigenvalue weighted by atomic mass is 32.2. The molecule has 1 nitrogen and oxygen atoms in total. The molecule has 81 valence electrons. The van der Waals surface area contributed by atoms with Crippen LogP contribution in [-0.2, 0) is 6.54 Å².